The Labute approximate surface area is 221 Å². The number of nitro groups is 1. The van der Waals surface area contributed by atoms with Crippen molar-refractivity contribution in [2.75, 3.05) is 19.5 Å². The molecule has 1 amide bonds. The normalized spacial score (nSPS) is 10.8. The summed E-state index contributed by atoms with van der Waals surface area (Å²) < 4.78 is 17.4. The fraction of sp³-hybridized carbons (Fsp3) is 0.154. The van der Waals surface area contributed by atoms with Gasteiger partial charge in [-0.1, -0.05) is 29.8 Å². The summed E-state index contributed by atoms with van der Waals surface area (Å²) >= 11 is 2.10. The number of benzene rings is 3. The predicted octanol–water partition coefficient (Wildman–Crippen LogP) is 5.65. The van der Waals surface area contributed by atoms with Crippen molar-refractivity contribution in [3.8, 4) is 23.3 Å². The van der Waals surface area contributed by atoms with Crippen LogP contribution < -0.4 is 19.5 Å². The van der Waals surface area contributed by atoms with E-state index in [4.69, 9.17) is 14.2 Å². The van der Waals surface area contributed by atoms with Crippen LogP contribution in [0.2, 0.25) is 0 Å². The van der Waals surface area contributed by atoms with Crippen LogP contribution in [0.1, 0.15) is 16.7 Å². The van der Waals surface area contributed by atoms with Crippen molar-refractivity contribution >= 4 is 45.9 Å². The number of nitriles is 1. The number of hydrogen-bond acceptors (Lipinski definition) is 7. The second-order valence-electron chi connectivity index (χ2n) is 7.57. The van der Waals surface area contributed by atoms with Gasteiger partial charge in [-0.3, -0.25) is 14.9 Å². The number of carbonyl (C=O) groups is 1. The molecule has 3 aromatic carbocycles. The van der Waals surface area contributed by atoms with E-state index in [-0.39, 0.29) is 22.7 Å². The van der Waals surface area contributed by atoms with E-state index in [0.717, 1.165) is 20.8 Å². The van der Waals surface area contributed by atoms with E-state index in [1.807, 2.05) is 37.3 Å². The Bertz CT molecular complexity index is 1360. The monoisotopic (exact) mass is 599 g/mol. The number of amides is 1. The average molecular weight is 599 g/mol. The van der Waals surface area contributed by atoms with E-state index in [1.54, 1.807) is 12.1 Å². The van der Waals surface area contributed by atoms with Crippen LogP contribution in [0.15, 0.2) is 60.2 Å². The zero-order valence-corrected chi connectivity index (χ0v) is 21.9. The molecule has 0 heterocycles. The first-order valence-corrected chi connectivity index (χ1v) is 11.6. The molecule has 36 heavy (non-hydrogen) atoms. The molecule has 0 aliphatic heterocycles. The van der Waals surface area contributed by atoms with Gasteiger partial charge in [-0.05, 0) is 64.9 Å². The van der Waals surface area contributed by atoms with E-state index < -0.39 is 10.8 Å². The van der Waals surface area contributed by atoms with Crippen molar-refractivity contribution < 1.29 is 23.9 Å². The lowest BCUT2D eigenvalue weighted by atomic mass is 10.1. The summed E-state index contributed by atoms with van der Waals surface area (Å²) in [4.78, 5) is 23.3. The van der Waals surface area contributed by atoms with Gasteiger partial charge in [0.15, 0.2) is 11.5 Å². The van der Waals surface area contributed by atoms with Crippen LogP contribution >= 0.6 is 22.6 Å². The third kappa shape index (κ3) is 6.51. The van der Waals surface area contributed by atoms with Gasteiger partial charge >= 0.3 is 0 Å². The Hall–Kier alpha value is -4.11. The zero-order valence-electron chi connectivity index (χ0n) is 19.7. The average Bonchev–Trinajstić information content (AvgIpc) is 2.87. The number of anilines is 1. The van der Waals surface area contributed by atoms with E-state index >= 15 is 0 Å². The van der Waals surface area contributed by atoms with Crippen molar-refractivity contribution in [2.45, 2.75) is 13.5 Å². The van der Waals surface area contributed by atoms with Crippen molar-refractivity contribution in [1.29, 1.82) is 5.26 Å². The first-order valence-electron chi connectivity index (χ1n) is 10.6. The predicted molar refractivity (Wildman–Crippen MR) is 143 cm³/mol. The minimum Gasteiger partial charge on any atom is -0.495 e. The molecule has 3 aromatic rings. The molecule has 0 fully saturated rings. The molecule has 0 aromatic heterocycles. The number of nitrogens with one attached hydrogen (secondary N) is 1. The summed E-state index contributed by atoms with van der Waals surface area (Å²) in [5.41, 5.74) is 2.33. The maximum atomic E-state index is 12.8. The topological polar surface area (TPSA) is 124 Å². The van der Waals surface area contributed by atoms with Gasteiger partial charge in [-0.2, -0.15) is 5.26 Å². The van der Waals surface area contributed by atoms with Crippen molar-refractivity contribution in [1.82, 2.24) is 0 Å². The summed E-state index contributed by atoms with van der Waals surface area (Å²) in [7, 11) is 2.87. The number of carbonyl (C=O) groups excluding carboxylic acids is 1. The summed E-state index contributed by atoms with van der Waals surface area (Å²) in [5, 5.41) is 23.2. The first-order chi connectivity index (χ1) is 17.2. The minimum absolute atomic E-state index is 0.0739. The number of non-ortho nitro benzene ring substituents is 1. The Morgan fingerprint density at radius 1 is 1.11 bits per heavy atom. The van der Waals surface area contributed by atoms with Gasteiger partial charge in [0.25, 0.3) is 11.6 Å². The molecule has 0 saturated carbocycles. The van der Waals surface area contributed by atoms with Gasteiger partial charge < -0.3 is 19.5 Å². The second kappa shape index (κ2) is 12.0. The molecule has 9 nitrogen and oxygen atoms in total. The summed E-state index contributed by atoms with van der Waals surface area (Å²) in [6.07, 6.45) is 1.40. The first kappa shape index (κ1) is 26.5. The van der Waals surface area contributed by atoms with Gasteiger partial charge in [0.2, 0.25) is 0 Å². The molecular weight excluding hydrogens is 577 g/mol. The third-order valence-corrected chi connectivity index (χ3v) is 5.88. The number of halogens is 1. The Kier molecular flexibility index (Phi) is 8.86. The summed E-state index contributed by atoms with van der Waals surface area (Å²) in [6, 6.07) is 17.1. The van der Waals surface area contributed by atoms with Crippen molar-refractivity contribution in [2.24, 2.45) is 0 Å². The highest BCUT2D eigenvalue weighted by molar-refractivity contribution is 14.1. The molecule has 10 heteroatoms. The van der Waals surface area contributed by atoms with E-state index in [9.17, 15) is 20.2 Å². The lowest BCUT2D eigenvalue weighted by molar-refractivity contribution is -0.384. The largest absolute Gasteiger partial charge is 0.495 e. The molecule has 3 rings (SSSR count). The molecule has 0 aliphatic rings. The summed E-state index contributed by atoms with van der Waals surface area (Å²) in [6.45, 7) is 2.36. The van der Waals surface area contributed by atoms with Crippen LogP contribution in [0.5, 0.6) is 17.2 Å². The maximum absolute atomic E-state index is 12.8. The van der Waals surface area contributed by atoms with Gasteiger partial charge in [0.1, 0.15) is 24.0 Å². The quantitative estimate of drug-likeness (QED) is 0.111. The number of methoxy groups -OCH3 is 2. The fourth-order valence-electron chi connectivity index (χ4n) is 3.22. The van der Waals surface area contributed by atoms with E-state index in [1.165, 1.54) is 32.4 Å². The van der Waals surface area contributed by atoms with Crippen LogP contribution in [0.4, 0.5) is 11.4 Å². The zero-order chi connectivity index (χ0) is 26.2. The van der Waals surface area contributed by atoms with Crippen molar-refractivity contribution in [3.05, 3.63) is 90.5 Å². The van der Waals surface area contributed by atoms with Crippen LogP contribution in [0, 0.1) is 31.9 Å². The Morgan fingerprint density at radius 2 is 1.81 bits per heavy atom. The molecule has 0 atom stereocenters. The molecule has 0 bridgehead atoms. The van der Waals surface area contributed by atoms with Gasteiger partial charge in [-0.25, -0.2) is 0 Å². The molecule has 0 saturated heterocycles. The van der Waals surface area contributed by atoms with Gasteiger partial charge in [0, 0.05) is 12.1 Å². The maximum Gasteiger partial charge on any atom is 0.271 e. The lowest BCUT2D eigenvalue weighted by Crippen LogP contribution is -2.14. The molecule has 1 N–H and O–H groups in total. The number of rotatable bonds is 9. The number of nitrogens with zero attached hydrogens (tertiary/aromatic N) is 2. The molecule has 0 unspecified atom stereocenters. The third-order valence-electron chi connectivity index (χ3n) is 5.07. The summed E-state index contributed by atoms with van der Waals surface area (Å²) in [5.74, 6) is 0.459. The Morgan fingerprint density at radius 3 is 2.42 bits per heavy atom. The van der Waals surface area contributed by atoms with E-state index in [2.05, 4.69) is 27.9 Å². The number of aryl methyl sites for hydroxylation is 1. The standard InChI is InChI=1S/C26H22IN3O6/c1-16-4-6-17(7-5-16)15-36-25-21(27)11-18(12-24(25)35-3)10-19(14-28)26(31)29-22-13-20(30(32)33)8-9-23(22)34-2/h4-13H,15H2,1-3H3,(H,29,31)/b19-10+. The van der Waals surface area contributed by atoms with Crippen LogP contribution in [-0.4, -0.2) is 25.1 Å². The Balaban J connectivity index is 1.85. The highest BCUT2D eigenvalue weighted by atomic mass is 127. The molecule has 0 aliphatic carbocycles. The smallest absolute Gasteiger partial charge is 0.271 e. The number of hydrogen-bond donors (Lipinski definition) is 1. The second-order valence-corrected chi connectivity index (χ2v) is 8.74. The van der Waals surface area contributed by atoms with Crippen LogP contribution in [-0.2, 0) is 11.4 Å². The minimum atomic E-state index is -0.745. The fourth-order valence-corrected chi connectivity index (χ4v) is 4.00. The van der Waals surface area contributed by atoms with E-state index in [0.29, 0.717) is 23.7 Å². The molecular formula is C26H22IN3O6. The van der Waals surface area contributed by atoms with Gasteiger partial charge in [-0.15, -0.1) is 0 Å². The molecule has 184 valence electrons. The molecule has 0 radical (unpaired) electrons. The van der Waals surface area contributed by atoms with Gasteiger partial charge in [0.05, 0.1) is 28.4 Å². The van der Waals surface area contributed by atoms with Crippen LogP contribution in [0.25, 0.3) is 6.08 Å². The highest BCUT2D eigenvalue weighted by Crippen LogP contribution is 2.35. The van der Waals surface area contributed by atoms with Crippen molar-refractivity contribution in [3.63, 3.8) is 0 Å². The SMILES string of the molecule is COc1ccc([N+](=O)[O-])cc1NC(=O)/C(C#N)=C/c1cc(I)c(OCc2ccc(C)cc2)c(OC)c1. The number of ether oxygens (including phenoxy) is 3. The highest BCUT2D eigenvalue weighted by Gasteiger charge is 2.17. The van der Waals surface area contributed by atoms with Crippen LogP contribution in [0.3, 0.4) is 0 Å². The lowest BCUT2D eigenvalue weighted by Gasteiger charge is -2.14. The molecule has 0 spiro atoms. The number of nitro benzene ring substituents is 1.